The first-order chi connectivity index (χ1) is 14.0. The first-order valence-corrected chi connectivity index (χ1v) is 13.1. The van der Waals surface area contributed by atoms with Crippen molar-refractivity contribution in [1.29, 1.82) is 0 Å². The maximum atomic E-state index is 11.7. The number of ether oxygens (including phenoxy) is 1. The molecule has 0 aromatic rings. The van der Waals surface area contributed by atoms with Crippen LogP contribution in [0.4, 0.5) is 0 Å². The van der Waals surface area contributed by atoms with Gasteiger partial charge in [-0.15, -0.1) is 0 Å². The van der Waals surface area contributed by atoms with Gasteiger partial charge in [0, 0.05) is 6.42 Å². The molecule has 7 unspecified atom stereocenters. The van der Waals surface area contributed by atoms with Crippen LogP contribution in [0, 0.1) is 40.4 Å². The van der Waals surface area contributed by atoms with Gasteiger partial charge in [-0.25, -0.2) is 0 Å². The van der Waals surface area contributed by atoms with Gasteiger partial charge in [-0.2, -0.15) is 0 Å². The van der Waals surface area contributed by atoms with Gasteiger partial charge in [0.1, 0.15) is 0 Å². The second kappa shape index (κ2) is 9.73. The number of esters is 1. The van der Waals surface area contributed by atoms with E-state index in [-0.39, 0.29) is 5.97 Å². The zero-order valence-corrected chi connectivity index (χ0v) is 20.1. The van der Waals surface area contributed by atoms with Gasteiger partial charge in [0.05, 0.1) is 6.61 Å². The summed E-state index contributed by atoms with van der Waals surface area (Å²) in [7, 11) is 0. The Labute approximate surface area is 180 Å². The highest BCUT2D eigenvalue weighted by Gasteiger charge is 2.59. The first kappa shape index (κ1) is 23.1. The van der Waals surface area contributed by atoms with E-state index in [0.717, 1.165) is 36.0 Å². The van der Waals surface area contributed by atoms with Gasteiger partial charge in [0.2, 0.25) is 0 Å². The molecule has 0 spiro atoms. The first-order valence-electron chi connectivity index (χ1n) is 13.1. The van der Waals surface area contributed by atoms with E-state index in [1.54, 1.807) is 0 Å². The molecule has 4 aliphatic rings. The Hall–Kier alpha value is -0.530. The predicted molar refractivity (Wildman–Crippen MR) is 122 cm³/mol. The molecule has 2 heteroatoms. The van der Waals surface area contributed by atoms with Crippen LogP contribution >= 0.6 is 0 Å². The van der Waals surface area contributed by atoms with Crippen LogP contribution in [0.1, 0.15) is 118 Å². The lowest BCUT2D eigenvalue weighted by Crippen LogP contribution is -2.52. The molecule has 0 aromatic heterocycles. The third-order valence-corrected chi connectivity index (χ3v) is 10.0. The summed E-state index contributed by atoms with van der Waals surface area (Å²) in [5, 5.41) is 0. The summed E-state index contributed by atoms with van der Waals surface area (Å²) >= 11 is 0. The second-order valence-electron chi connectivity index (χ2n) is 10.9. The van der Waals surface area contributed by atoms with Crippen LogP contribution in [-0.4, -0.2) is 12.6 Å². The molecule has 7 atom stereocenters. The minimum atomic E-state index is 0.00412. The molecule has 4 fully saturated rings. The fourth-order valence-electron chi connectivity index (χ4n) is 8.60. The maximum absolute atomic E-state index is 11.7. The van der Waals surface area contributed by atoms with Gasteiger partial charge in [-0.05, 0) is 112 Å². The number of rotatable bonds is 5. The van der Waals surface area contributed by atoms with Crippen LogP contribution in [0.15, 0.2) is 0 Å². The molecule has 4 aliphatic carbocycles. The molecule has 0 bridgehead atoms. The third kappa shape index (κ3) is 4.29. The number of hydrogen-bond donors (Lipinski definition) is 0. The SMILES string of the molecule is CC.CCOC(=O)CCCC1CCC2C3CCC4CCCCC4(C)C3CCC12C. The highest BCUT2D eigenvalue weighted by molar-refractivity contribution is 5.69. The van der Waals surface area contributed by atoms with Crippen LogP contribution in [0.2, 0.25) is 0 Å². The van der Waals surface area contributed by atoms with Crippen molar-refractivity contribution in [2.45, 2.75) is 118 Å². The Balaban J connectivity index is 0.00000117. The number of carbonyl (C=O) groups excluding carboxylic acids is 1. The molecule has 0 aliphatic heterocycles. The van der Waals surface area contributed by atoms with Gasteiger partial charge >= 0.3 is 5.97 Å². The zero-order valence-electron chi connectivity index (χ0n) is 20.1. The molecular weight excluding hydrogens is 356 g/mol. The quantitative estimate of drug-likeness (QED) is 0.437. The average Bonchev–Trinajstić information content (AvgIpc) is 3.06. The number of carbonyl (C=O) groups is 1. The van der Waals surface area contributed by atoms with E-state index in [0.29, 0.717) is 23.9 Å². The highest BCUT2D eigenvalue weighted by atomic mass is 16.5. The lowest BCUT2D eigenvalue weighted by molar-refractivity contribution is -0.143. The summed E-state index contributed by atoms with van der Waals surface area (Å²) in [5.41, 5.74) is 1.21. The van der Waals surface area contributed by atoms with Crippen molar-refractivity contribution in [2.75, 3.05) is 6.61 Å². The molecule has 4 rings (SSSR count). The van der Waals surface area contributed by atoms with E-state index in [9.17, 15) is 4.79 Å². The predicted octanol–water partition coefficient (Wildman–Crippen LogP) is 7.80. The molecule has 0 heterocycles. The van der Waals surface area contributed by atoms with Crippen LogP contribution in [0.3, 0.4) is 0 Å². The van der Waals surface area contributed by atoms with Crippen molar-refractivity contribution in [1.82, 2.24) is 0 Å². The second-order valence-corrected chi connectivity index (χ2v) is 10.9. The number of fused-ring (bicyclic) bond motifs is 5. The molecule has 0 radical (unpaired) electrons. The van der Waals surface area contributed by atoms with Gasteiger partial charge < -0.3 is 4.74 Å². The smallest absolute Gasteiger partial charge is 0.305 e. The summed E-state index contributed by atoms with van der Waals surface area (Å²) in [6.07, 6.45) is 17.7. The molecule has 0 aromatic carbocycles. The van der Waals surface area contributed by atoms with E-state index >= 15 is 0 Å². The molecule has 2 nitrogen and oxygen atoms in total. The van der Waals surface area contributed by atoms with Gasteiger partial charge in [-0.1, -0.05) is 40.5 Å². The van der Waals surface area contributed by atoms with Crippen LogP contribution in [0.5, 0.6) is 0 Å². The van der Waals surface area contributed by atoms with Gasteiger partial charge in [0.25, 0.3) is 0 Å². The molecule has 0 N–H and O–H groups in total. The minimum Gasteiger partial charge on any atom is -0.466 e. The van der Waals surface area contributed by atoms with E-state index in [2.05, 4.69) is 13.8 Å². The Morgan fingerprint density at radius 1 is 0.897 bits per heavy atom. The fraction of sp³-hybridized carbons (Fsp3) is 0.963. The maximum Gasteiger partial charge on any atom is 0.305 e. The highest BCUT2D eigenvalue weighted by Crippen LogP contribution is 2.67. The van der Waals surface area contributed by atoms with Crippen LogP contribution in [0.25, 0.3) is 0 Å². The molecule has 168 valence electrons. The van der Waals surface area contributed by atoms with Crippen molar-refractivity contribution in [3.05, 3.63) is 0 Å². The summed E-state index contributed by atoms with van der Waals surface area (Å²) in [4.78, 5) is 11.7. The molecule has 29 heavy (non-hydrogen) atoms. The van der Waals surface area contributed by atoms with Crippen molar-refractivity contribution in [2.24, 2.45) is 40.4 Å². The zero-order chi connectivity index (χ0) is 21.1. The summed E-state index contributed by atoms with van der Waals surface area (Å²) in [6, 6.07) is 0. The molecule has 0 amide bonds. The Kier molecular flexibility index (Phi) is 7.77. The third-order valence-electron chi connectivity index (χ3n) is 10.0. The Bertz CT molecular complexity index is 543. The van der Waals surface area contributed by atoms with Crippen LogP contribution in [-0.2, 0) is 9.53 Å². The van der Waals surface area contributed by atoms with Crippen molar-refractivity contribution >= 4 is 5.97 Å². The lowest BCUT2D eigenvalue weighted by atomic mass is 9.45. The van der Waals surface area contributed by atoms with E-state index in [1.807, 2.05) is 20.8 Å². The summed E-state index contributed by atoms with van der Waals surface area (Å²) in [6.45, 7) is 11.7. The Morgan fingerprint density at radius 3 is 2.41 bits per heavy atom. The standard InChI is InChI=1S/C25H42O2.C2H6/c1-4-27-23(26)10-7-9-19-12-14-21-20-13-11-18-8-5-6-16-24(18,2)22(20)15-17-25(19,21)3;1-2/h18-22H,4-17H2,1-3H3;1-2H3. The molecular formula is C27H48O2. The van der Waals surface area contributed by atoms with Gasteiger partial charge in [-0.3, -0.25) is 4.79 Å². The minimum absolute atomic E-state index is 0.00412. The van der Waals surface area contributed by atoms with E-state index < -0.39 is 0 Å². The fourth-order valence-corrected chi connectivity index (χ4v) is 8.60. The topological polar surface area (TPSA) is 26.3 Å². The number of hydrogen-bond acceptors (Lipinski definition) is 2. The summed E-state index contributed by atoms with van der Waals surface area (Å²) < 4.78 is 5.13. The van der Waals surface area contributed by atoms with Crippen molar-refractivity contribution in [3.63, 3.8) is 0 Å². The molecule has 4 saturated carbocycles. The largest absolute Gasteiger partial charge is 0.466 e. The Morgan fingerprint density at radius 2 is 1.66 bits per heavy atom. The average molecular weight is 405 g/mol. The monoisotopic (exact) mass is 404 g/mol. The lowest BCUT2D eigenvalue weighted by Gasteiger charge is -2.60. The van der Waals surface area contributed by atoms with Crippen molar-refractivity contribution in [3.8, 4) is 0 Å². The summed E-state index contributed by atoms with van der Waals surface area (Å²) in [5.74, 6) is 4.84. The normalized spacial score (nSPS) is 43.3. The van der Waals surface area contributed by atoms with E-state index in [4.69, 9.17) is 4.74 Å². The van der Waals surface area contributed by atoms with Crippen molar-refractivity contribution < 1.29 is 9.53 Å². The van der Waals surface area contributed by atoms with Gasteiger partial charge in [0.15, 0.2) is 0 Å². The van der Waals surface area contributed by atoms with E-state index in [1.165, 1.54) is 70.6 Å². The van der Waals surface area contributed by atoms with Crippen LogP contribution < -0.4 is 0 Å². The molecule has 0 saturated heterocycles.